The van der Waals surface area contributed by atoms with Gasteiger partial charge in [-0.3, -0.25) is 10.2 Å². The highest BCUT2D eigenvalue weighted by molar-refractivity contribution is 5.92. The number of hydrogen-bond donors (Lipinski definition) is 2. The van der Waals surface area contributed by atoms with Gasteiger partial charge in [0.25, 0.3) is 5.91 Å². The molecule has 0 aliphatic rings. The second-order valence-electron chi connectivity index (χ2n) is 3.28. The van der Waals surface area contributed by atoms with Crippen LogP contribution in [0.25, 0.3) is 5.65 Å². The molecule has 5 nitrogen and oxygen atoms in total. The molecule has 2 aromatic rings. The van der Waals surface area contributed by atoms with Crippen LogP contribution in [-0.2, 0) is 6.18 Å². The van der Waals surface area contributed by atoms with E-state index in [0.717, 1.165) is 12.1 Å². The fourth-order valence-electron chi connectivity index (χ4n) is 1.34. The second-order valence-corrected chi connectivity index (χ2v) is 3.28. The molecule has 0 radical (unpaired) electrons. The van der Waals surface area contributed by atoms with Crippen LogP contribution >= 0.6 is 0 Å². The van der Waals surface area contributed by atoms with Gasteiger partial charge in [-0.2, -0.15) is 13.2 Å². The number of carbonyl (C=O) groups is 1. The van der Waals surface area contributed by atoms with E-state index >= 15 is 0 Å². The fraction of sp³-hybridized carbons (Fsp3) is 0.111. The molecule has 3 N–H and O–H groups in total. The molecule has 0 spiro atoms. The van der Waals surface area contributed by atoms with E-state index in [4.69, 9.17) is 5.84 Å². The summed E-state index contributed by atoms with van der Waals surface area (Å²) in [5.41, 5.74) is 1.00. The first kappa shape index (κ1) is 11.4. The minimum Gasteiger partial charge on any atom is -0.306 e. The normalized spacial score (nSPS) is 11.8. The van der Waals surface area contributed by atoms with Gasteiger partial charge >= 0.3 is 6.18 Å². The number of halogens is 3. The van der Waals surface area contributed by atoms with Gasteiger partial charge in [0.05, 0.1) is 5.56 Å². The molecule has 17 heavy (non-hydrogen) atoms. The van der Waals surface area contributed by atoms with E-state index in [-0.39, 0.29) is 11.3 Å². The van der Waals surface area contributed by atoms with Gasteiger partial charge in [0.2, 0.25) is 0 Å². The summed E-state index contributed by atoms with van der Waals surface area (Å²) < 4.78 is 38.5. The van der Waals surface area contributed by atoms with Crippen molar-refractivity contribution in [1.82, 2.24) is 14.8 Å². The highest BCUT2D eigenvalue weighted by Gasteiger charge is 2.30. The summed E-state index contributed by atoms with van der Waals surface area (Å²) in [7, 11) is 0. The summed E-state index contributed by atoms with van der Waals surface area (Å²) in [6, 6.07) is 1.76. The molecule has 2 aromatic heterocycles. The lowest BCUT2D eigenvalue weighted by atomic mass is 10.2. The molecule has 2 heterocycles. The number of nitrogen functional groups attached to an aromatic ring is 1. The van der Waals surface area contributed by atoms with Crippen LogP contribution in [-0.4, -0.2) is 15.3 Å². The Balaban J connectivity index is 2.52. The Morgan fingerprint density at radius 3 is 2.76 bits per heavy atom. The predicted octanol–water partition coefficient (Wildman–Crippen LogP) is 0.957. The third-order valence-electron chi connectivity index (χ3n) is 2.15. The molecule has 0 aromatic carbocycles. The Hall–Kier alpha value is -2.09. The minimum absolute atomic E-state index is 0.0263. The minimum atomic E-state index is -4.44. The lowest BCUT2D eigenvalue weighted by Gasteiger charge is -2.05. The van der Waals surface area contributed by atoms with Gasteiger partial charge in [0.15, 0.2) is 0 Å². The number of aromatic nitrogens is 2. The molecule has 0 saturated heterocycles. The number of nitrogens with two attached hydrogens (primary N) is 1. The summed E-state index contributed by atoms with van der Waals surface area (Å²) in [6.45, 7) is 0. The van der Waals surface area contributed by atoms with Crippen molar-refractivity contribution in [3.8, 4) is 0 Å². The topological polar surface area (TPSA) is 72.4 Å². The molecule has 0 aliphatic carbocycles. The number of nitrogens with zero attached hydrogens (tertiary/aromatic N) is 2. The highest BCUT2D eigenvalue weighted by atomic mass is 19.4. The molecular weight excluding hydrogens is 237 g/mol. The van der Waals surface area contributed by atoms with Gasteiger partial charge in [-0.05, 0) is 12.1 Å². The highest BCUT2D eigenvalue weighted by Crippen LogP contribution is 2.29. The number of nitrogens with one attached hydrogen (secondary N) is 1. The molecule has 0 atom stereocenters. The van der Waals surface area contributed by atoms with Crippen LogP contribution in [0, 0.1) is 0 Å². The first-order chi connectivity index (χ1) is 7.91. The van der Waals surface area contributed by atoms with Gasteiger partial charge in [0.1, 0.15) is 11.3 Å². The van der Waals surface area contributed by atoms with Gasteiger partial charge in [-0.15, -0.1) is 0 Å². The van der Waals surface area contributed by atoms with Crippen molar-refractivity contribution in [2.75, 3.05) is 0 Å². The van der Waals surface area contributed by atoms with Crippen LogP contribution in [0.5, 0.6) is 0 Å². The lowest BCUT2D eigenvalue weighted by molar-refractivity contribution is -0.137. The number of hydrazine groups is 1. The molecule has 2 rings (SSSR count). The Bertz CT molecular complexity index is 575. The number of rotatable bonds is 1. The smallest absolute Gasteiger partial charge is 0.306 e. The van der Waals surface area contributed by atoms with Gasteiger partial charge in [-0.25, -0.2) is 10.8 Å². The number of hydrogen-bond acceptors (Lipinski definition) is 3. The largest absolute Gasteiger partial charge is 0.416 e. The van der Waals surface area contributed by atoms with Gasteiger partial charge in [-0.1, -0.05) is 0 Å². The molecule has 0 bridgehead atoms. The monoisotopic (exact) mass is 244 g/mol. The number of carbonyl (C=O) groups excluding carboxylic acids is 1. The molecular formula is C9H7F3N4O. The van der Waals surface area contributed by atoms with E-state index in [1.165, 1.54) is 16.8 Å². The number of imidazole rings is 1. The van der Waals surface area contributed by atoms with Crippen molar-refractivity contribution < 1.29 is 18.0 Å². The van der Waals surface area contributed by atoms with Crippen molar-refractivity contribution in [2.24, 2.45) is 5.84 Å². The Kier molecular flexibility index (Phi) is 2.50. The van der Waals surface area contributed by atoms with Crippen LogP contribution in [0.3, 0.4) is 0 Å². The fourth-order valence-corrected chi connectivity index (χ4v) is 1.34. The van der Waals surface area contributed by atoms with Crippen LogP contribution in [0.4, 0.5) is 13.2 Å². The number of amides is 1. The van der Waals surface area contributed by atoms with Crippen LogP contribution in [0.1, 0.15) is 16.1 Å². The van der Waals surface area contributed by atoms with E-state index in [1.54, 1.807) is 0 Å². The maximum Gasteiger partial charge on any atom is 0.416 e. The maximum absolute atomic E-state index is 12.4. The first-order valence-electron chi connectivity index (χ1n) is 4.48. The van der Waals surface area contributed by atoms with E-state index < -0.39 is 17.6 Å². The third kappa shape index (κ3) is 2.07. The summed E-state index contributed by atoms with van der Waals surface area (Å²) in [6.07, 6.45) is -1.97. The van der Waals surface area contributed by atoms with Crippen molar-refractivity contribution in [3.63, 3.8) is 0 Å². The molecule has 90 valence electrons. The van der Waals surface area contributed by atoms with Crippen LogP contribution < -0.4 is 11.3 Å². The van der Waals surface area contributed by atoms with Gasteiger partial charge < -0.3 is 4.40 Å². The van der Waals surface area contributed by atoms with Crippen molar-refractivity contribution in [3.05, 3.63) is 35.8 Å². The number of alkyl halides is 3. The zero-order valence-corrected chi connectivity index (χ0v) is 8.32. The average molecular weight is 244 g/mol. The van der Waals surface area contributed by atoms with E-state index in [2.05, 4.69) is 4.98 Å². The second kappa shape index (κ2) is 3.74. The SMILES string of the molecule is NNC(=O)c1cn2ccc(C(F)(F)F)cc2n1. The first-order valence-corrected chi connectivity index (χ1v) is 4.48. The average Bonchev–Trinajstić information content (AvgIpc) is 2.69. The van der Waals surface area contributed by atoms with Crippen molar-refractivity contribution >= 4 is 11.6 Å². The van der Waals surface area contributed by atoms with E-state index in [9.17, 15) is 18.0 Å². The molecule has 0 fully saturated rings. The van der Waals surface area contributed by atoms with Crippen LogP contribution in [0.15, 0.2) is 24.5 Å². The lowest BCUT2D eigenvalue weighted by Crippen LogP contribution is -2.30. The molecule has 0 aliphatic heterocycles. The van der Waals surface area contributed by atoms with Crippen LogP contribution in [0.2, 0.25) is 0 Å². The third-order valence-corrected chi connectivity index (χ3v) is 2.15. The predicted molar refractivity (Wildman–Crippen MR) is 51.8 cm³/mol. The summed E-state index contributed by atoms with van der Waals surface area (Å²) >= 11 is 0. The Morgan fingerprint density at radius 2 is 2.18 bits per heavy atom. The quantitative estimate of drug-likeness (QED) is 0.445. The van der Waals surface area contributed by atoms with Crippen molar-refractivity contribution in [2.45, 2.75) is 6.18 Å². The zero-order chi connectivity index (χ0) is 12.6. The molecule has 0 unspecified atom stereocenters. The van der Waals surface area contributed by atoms with Crippen molar-refractivity contribution in [1.29, 1.82) is 0 Å². The van der Waals surface area contributed by atoms with E-state index in [1.807, 2.05) is 5.43 Å². The zero-order valence-electron chi connectivity index (χ0n) is 8.32. The van der Waals surface area contributed by atoms with Gasteiger partial charge in [0, 0.05) is 12.4 Å². The number of fused-ring (bicyclic) bond motifs is 1. The number of pyridine rings is 1. The summed E-state index contributed by atoms with van der Waals surface area (Å²) in [4.78, 5) is 14.9. The van der Waals surface area contributed by atoms with E-state index in [0.29, 0.717) is 0 Å². The molecule has 1 amide bonds. The summed E-state index contributed by atoms with van der Waals surface area (Å²) in [5, 5.41) is 0. The summed E-state index contributed by atoms with van der Waals surface area (Å²) in [5.74, 6) is 4.23. The molecule has 0 saturated carbocycles. The maximum atomic E-state index is 12.4. The molecule has 8 heteroatoms. The standard InChI is InChI=1S/C9H7F3N4O/c10-9(11,12)5-1-2-16-4-6(8(17)15-13)14-7(16)3-5/h1-4H,13H2,(H,15,17). The Morgan fingerprint density at radius 1 is 1.47 bits per heavy atom. The Labute approximate surface area is 93.0 Å².